The van der Waals surface area contributed by atoms with Crippen LogP contribution in [0, 0.1) is 0 Å². The van der Waals surface area contributed by atoms with Crippen molar-refractivity contribution in [3.63, 3.8) is 0 Å². The number of aromatic nitrogens is 1. The third-order valence-corrected chi connectivity index (χ3v) is 3.68. The molecule has 0 aliphatic rings. The number of carbonyl (C=O) groups excluding carboxylic acids is 1. The lowest BCUT2D eigenvalue weighted by molar-refractivity contribution is -0.120. The average Bonchev–Trinajstić information content (AvgIpc) is 3.06. The number of fused-ring (bicyclic) bond motifs is 1. The SMILES string of the molecule is O=C(Cc1cccs1)NCc1ccc2ncoc2c1. The van der Waals surface area contributed by atoms with Crippen LogP contribution >= 0.6 is 11.3 Å². The molecule has 3 rings (SSSR count). The predicted molar refractivity (Wildman–Crippen MR) is 73.9 cm³/mol. The summed E-state index contributed by atoms with van der Waals surface area (Å²) in [5.41, 5.74) is 2.57. The summed E-state index contributed by atoms with van der Waals surface area (Å²) in [6.45, 7) is 0.501. The van der Waals surface area contributed by atoms with E-state index >= 15 is 0 Å². The summed E-state index contributed by atoms with van der Waals surface area (Å²) in [4.78, 5) is 16.9. The fourth-order valence-electron chi connectivity index (χ4n) is 1.84. The van der Waals surface area contributed by atoms with Crippen LogP contribution in [0.25, 0.3) is 11.1 Å². The Morgan fingerprint density at radius 3 is 3.16 bits per heavy atom. The Bertz CT molecular complexity index is 688. The molecule has 5 heteroatoms. The lowest BCUT2D eigenvalue weighted by atomic mass is 10.2. The normalized spacial score (nSPS) is 10.7. The van der Waals surface area contributed by atoms with Gasteiger partial charge in [0.25, 0.3) is 0 Å². The van der Waals surface area contributed by atoms with Crippen molar-refractivity contribution in [3.05, 3.63) is 52.5 Å². The second-order valence-electron chi connectivity index (χ2n) is 4.19. The fraction of sp³-hybridized carbons (Fsp3) is 0.143. The highest BCUT2D eigenvalue weighted by atomic mass is 32.1. The number of carbonyl (C=O) groups is 1. The molecule has 3 aromatic rings. The van der Waals surface area contributed by atoms with Crippen molar-refractivity contribution in [1.29, 1.82) is 0 Å². The summed E-state index contributed by atoms with van der Waals surface area (Å²) in [7, 11) is 0. The number of thiophene rings is 1. The third kappa shape index (κ3) is 2.82. The van der Waals surface area contributed by atoms with Gasteiger partial charge in [-0.2, -0.15) is 0 Å². The summed E-state index contributed by atoms with van der Waals surface area (Å²) in [6.07, 6.45) is 1.85. The molecule has 4 nitrogen and oxygen atoms in total. The molecule has 96 valence electrons. The van der Waals surface area contributed by atoms with E-state index in [1.807, 2.05) is 35.7 Å². The van der Waals surface area contributed by atoms with E-state index in [0.717, 1.165) is 21.5 Å². The molecular weight excluding hydrogens is 260 g/mol. The lowest BCUT2D eigenvalue weighted by Crippen LogP contribution is -2.24. The van der Waals surface area contributed by atoms with Crippen LogP contribution < -0.4 is 5.32 Å². The van der Waals surface area contributed by atoms with Crippen LogP contribution in [-0.4, -0.2) is 10.9 Å². The first-order valence-corrected chi connectivity index (χ1v) is 6.80. The number of oxazole rings is 1. The molecule has 0 atom stereocenters. The molecule has 1 aromatic carbocycles. The molecule has 0 spiro atoms. The molecule has 2 heterocycles. The number of benzene rings is 1. The van der Waals surface area contributed by atoms with Crippen LogP contribution in [0.15, 0.2) is 46.5 Å². The van der Waals surface area contributed by atoms with Gasteiger partial charge in [-0.3, -0.25) is 4.79 Å². The van der Waals surface area contributed by atoms with Crippen molar-refractivity contribution in [2.75, 3.05) is 0 Å². The molecule has 0 bridgehead atoms. The highest BCUT2D eigenvalue weighted by Gasteiger charge is 2.05. The number of amides is 1. The van der Waals surface area contributed by atoms with E-state index in [0.29, 0.717) is 13.0 Å². The average molecular weight is 272 g/mol. The number of hydrogen-bond acceptors (Lipinski definition) is 4. The van der Waals surface area contributed by atoms with Crippen molar-refractivity contribution < 1.29 is 9.21 Å². The van der Waals surface area contributed by atoms with Gasteiger partial charge in [0, 0.05) is 11.4 Å². The Balaban J connectivity index is 1.60. The standard InChI is InChI=1S/C14H12N2O2S/c17-14(7-11-2-1-5-19-11)15-8-10-3-4-12-13(6-10)18-9-16-12/h1-6,9H,7-8H2,(H,15,17). The molecule has 0 saturated carbocycles. The van der Waals surface area contributed by atoms with Crippen molar-refractivity contribution in [2.45, 2.75) is 13.0 Å². The topological polar surface area (TPSA) is 55.1 Å². The molecule has 1 amide bonds. The van der Waals surface area contributed by atoms with Gasteiger partial charge in [-0.15, -0.1) is 11.3 Å². The number of hydrogen-bond donors (Lipinski definition) is 1. The molecule has 19 heavy (non-hydrogen) atoms. The van der Waals surface area contributed by atoms with E-state index in [2.05, 4.69) is 10.3 Å². The highest BCUT2D eigenvalue weighted by Crippen LogP contribution is 2.14. The van der Waals surface area contributed by atoms with Crippen LogP contribution in [0.1, 0.15) is 10.4 Å². The zero-order valence-corrected chi connectivity index (χ0v) is 10.9. The van der Waals surface area contributed by atoms with Gasteiger partial charge in [0.15, 0.2) is 12.0 Å². The van der Waals surface area contributed by atoms with E-state index < -0.39 is 0 Å². The minimum Gasteiger partial charge on any atom is -0.443 e. The predicted octanol–water partition coefficient (Wildman–Crippen LogP) is 2.75. The third-order valence-electron chi connectivity index (χ3n) is 2.80. The Kier molecular flexibility index (Phi) is 3.29. The van der Waals surface area contributed by atoms with Gasteiger partial charge >= 0.3 is 0 Å². The zero-order valence-electron chi connectivity index (χ0n) is 10.1. The molecule has 2 aromatic heterocycles. The van der Waals surface area contributed by atoms with E-state index in [-0.39, 0.29) is 5.91 Å². The first-order valence-electron chi connectivity index (χ1n) is 5.92. The smallest absolute Gasteiger partial charge is 0.225 e. The quantitative estimate of drug-likeness (QED) is 0.794. The molecule has 0 saturated heterocycles. The second-order valence-corrected chi connectivity index (χ2v) is 5.22. The van der Waals surface area contributed by atoms with E-state index in [1.165, 1.54) is 6.39 Å². The van der Waals surface area contributed by atoms with Crippen LogP contribution in [0.5, 0.6) is 0 Å². The van der Waals surface area contributed by atoms with Crippen LogP contribution in [0.2, 0.25) is 0 Å². The van der Waals surface area contributed by atoms with Gasteiger partial charge in [-0.1, -0.05) is 12.1 Å². The number of nitrogens with one attached hydrogen (secondary N) is 1. The molecule has 0 aliphatic carbocycles. The zero-order chi connectivity index (χ0) is 13.1. The Labute approximate surface area is 114 Å². The van der Waals surface area contributed by atoms with E-state index in [4.69, 9.17) is 4.42 Å². The summed E-state index contributed by atoms with van der Waals surface area (Å²) in [5, 5.41) is 4.87. The van der Waals surface area contributed by atoms with Crippen LogP contribution in [0.3, 0.4) is 0 Å². The molecule has 0 radical (unpaired) electrons. The van der Waals surface area contributed by atoms with Crippen molar-refractivity contribution in [3.8, 4) is 0 Å². The molecule has 0 aliphatic heterocycles. The molecular formula is C14H12N2O2S. The number of rotatable bonds is 4. The Hall–Kier alpha value is -2.14. The van der Waals surface area contributed by atoms with Crippen LogP contribution in [-0.2, 0) is 17.8 Å². The maximum atomic E-state index is 11.8. The fourth-order valence-corrected chi connectivity index (χ4v) is 2.55. The van der Waals surface area contributed by atoms with Crippen molar-refractivity contribution >= 4 is 28.3 Å². The van der Waals surface area contributed by atoms with Gasteiger partial charge in [0.2, 0.25) is 5.91 Å². The first-order chi connectivity index (χ1) is 9.31. The maximum Gasteiger partial charge on any atom is 0.225 e. The summed E-state index contributed by atoms with van der Waals surface area (Å²) < 4.78 is 5.23. The van der Waals surface area contributed by atoms with Crippen LogP contribution in [0.4, 0.5) is 0 Å². The Morgan fingerprint density at radius 1 is 1.37 bits per heavy atom. The molecule has 0 unspecified atom stereocenters. The van der Waals surface area contributed by atoms with Crippen molar-refractivity contribution in [2.24, 2.45) is 0 Å². The summed E-state index contributed by atoms with van der Waals surface area (Å²) in [6, 6.07) is 9.64. The van der Waals surface area contributed by atoms with Gasteiger partial charge < -0.3 is 9.73 Å². The summed E-state index contributed by atoms with van der Waals surface area (Å²) >= 11 is 1.59. The summed E-state index contributed by atoms with van der Waals surface area (Å²) in [5.74, 6) is 0.0279. The minimum absolute atomic E-state index is 0.0279. The van der Waals surface area contributed by atoms with E-state index in [9.17, 15) is 4.79 Å². The van der Waals surface area contributed by atoms with E-state index in [1.54, 1.807) is 11.3 Å². The molecule has 0 fully saturated rings. The monoisotopic (exact) mass is 272 g/mol. The maximum absolute atomic E-state index is 11.8. The van der Waals surface area contributed by atoms with Gasteiger partial charge in [-0.05, 0) is 29.1 Å². The number of nitrogens with zero attached hydrogens (tertiary/aromatic N) is 1. The van der Waals surface area contributed by atoms with Gasteiger partial charge in [-0.25, -0.2) is 4.98 Å². The second kappa shape index (κ2) is 5.24. The Morgan fingerprint density at radius 2 is 2.32 bits per heavy atom. The van der Waals surface area contributed by atoms with Gasteiger partial charge in [0.05, 0.1) is 6.42 Å². The first kappa shape index (κ1) is 11.9. The van der Waals surface area contributed by atoms with Gasteiger partial charge in [0.1, 0.15) is 5.52 Å². The lowest BCUT2D eigenvalue weighted by Gasteiger charge is -2.04. The molecule has 1 N–H and O–H groups in total. The highest BCUT2D eigenvalue weighted by molar-refractivity contribution is 7.10. The largest absolute Gasteiger partial charge is 0.443 e. The minimum atomic E-state index is 0.0279. The van der Waals surface area contributed by atoms with Crippen molar-refractivity contribution in [1.82, 2.24) is 10.3 Å².